The Morgan fingerprint density at radius 2 is 2.05 bits per heavy atom. The summed E-state index contributed by atoms with van der Waals surface area (Å²) in [7, 11) is 0. The van der Waals surface area contributed by atoms with Crippen molar-refractivity contribution >= 4 is 17.7 Å². The second-order valence-electron chi connectivity index (χ2n) is 4.96. The minimum Gasteiger partial charge on any atom is -0.481 e. The summed E-state index contributed by atoms with van der Waals surface area (Å²) in [6.45, 7) is 6.07. The number of carboxylic acids is 1. The van der Waals surface area contributed by atoms with Crippen LogP contribution in [0.5, 0.6) is 0 Å². The number of carbonyl (C=O) groups excluding carboxylic acids is 1. The first-order valence-electron chi connectivity index (χ1n) is 6.59. The fourth-order valence-corrected chi connectivity index (χ4v) is 1.72. The van der Waals surface area contributed by atoms with Crippen LogP contribution in [0.1, 0.15) is 31.2 Å². The zero-order valence-electron chi connectivity index (χ0n) is 12.1. The smallest absolute Gasteiger partial charge is 0.319 e. The Kier molecular flexibility index (Phi) is 5.96. The molecule has 1 rings (SSSR count). The van der Waals surface area contributed by atoms with Crippen LogP contribution in [0, 0.1) is 19.8 Å². The molecule has 0 aliphatic rings. The maximum absolute atomic E-state index is 11.7. The summed E-state index contributed by atoms with van der Waals surface area (Å²) >= 11 is 0. The van der Waals surface area contributed by atoms with Gasteiger partial charge in [0.25, 0.3) is 0 Å². The van der Waals surface area contributed by atoms with E-state index in [1.807, 2.05) is 32.9 Å². The average Bonchev–Trinajstić information content (AvgIpc) is 2.37. The van der Waals surface area contributed by atoms with E-state index in [2.05, 4.69) is 15.6 Å². The number of nitrogens with zero attached hydrogens (tertiary/aromatic N) is 1. The van der Waals surface area contributed by atoms with Crippen LogP contribution >= 0.6 is 0 Å². The number of pyridine rings is 1. The molecule has 1 unspecified atom stereocenters. The molecule has 1 aromatic rings. The number of nitrogens with one attached hydrogen (secondary N) is 2. The largest absolute Gasteiger partial charge is 0.481 e. The summed E-state index contributed by atoms with van der Waals surface area (Å²) in [6.07, 6.45) is 0.659. The molecule has 0 bridgehead atoms. The lowest BCUT2D eigenvalue weighted by Crippen LogP contribution is -2.32. The average molecular weight is 279 g/mol. The Morgan fingerprint density at radius 1 is 1.35 bits per heavy atom. The molecule has 110 valence electrons. The second kappa shape index (κ2) is 7.47. The molecule has 0 fully saturated rings. The summed E-state index contributed by atoms with van der Waals surface area (Å²) < 4.78 is 0. The van der Waals surface area contributed by atoms with Crippen LogP contribution in [0.2, 0.25) is 0 Å². The number of carboxylic acid groups (broad SMARTS) is 1. The SMILES string of the molecule is Cc1ccc(NC(=O)NCC(C)CCC(=O)O)c(C)n1. The number of anilines is 1. The molecule has 6 nitrogen and oxygen atoms in total. The first-order chi connectivity index (χ1) is 9.38. The Bertz CT molecular complexity index is 489. The van der Waals surface area contributed by atoms with E-state index < -0.39 is 5.97 Å². The van der Waals surface area contributed by atoms with E-state index in [4.69, 9.17) is 5.11 Å². The zero-order valence-corrected chi connectivity index (χ0v) is 12.1. The number of rotatable bonds is 6. The molecule has 0 saturated carbocycles. The van der Waals surface area contributed by atoms with Crippen molar-refractivity contribution in [3.05, 3.63) is 23.5 Å². The van der Waals surface area contributed by atoms with E-state index in [0.29, 0.717) is 18.7 Å². The van der Waals surface area contributed by atoms with Crippen molar-refractivity contribution in [1.29, 1.82) is 0 Å². The van der Waals surface area contributed by atoms with Crippen molar-refractivity contribution in [3.8, 4) is 0 Å². The lowest BCUT2D eigenvalue weighted by Gasteiger charge is -2.13. The molecule has 1 heterocycles. The van der Waals surface area contributed by atoms with Crippen molar-refractivity contribution in [2.75, 3.05) is 11.9 Å². The van der Waals surface area contributed by atoms with Gasteiger partial charge in [-0.3, -0.25) is 9.78 Å². The highest BCUT2D eigenvalue weighted by Gasteiger charge is 2.09. The lowest BCUT2D eigenvalue weighted by atomic mass is 10.1. The first kappa shape index (κ1) is 15.9. The van der Waals surface area contributed by atoms with Crippen LogP contribution in [-0.2, 0) is 4.79 Å². The Hall–Kier alpha value is -2.11. The highest BCUT2D eigenvalue weighted by molar-refractivity contribution is 5.89. The highest BCUT2D eigenvalue weighted by Crippen LogP contribution is 2.12. The molecule has 3 N–H and O–H groups in total. The fourth-order valence-electron chi connectivity index (χ4n) is 1.72. The molecule has 2 amide bonds. The molecule has 0 aromatic carbocycles. The quantitative estimate of drug-likeness (QED) is 0.745. The van der Waals surface area contributed by atoms with E-state index in [1.54, 1.807) is 0 Å². The molecule has 0 aliphatic carbocycles. The summed E-state index contributed by atoms with van der Waals surface area (Å²) in [5.74, 6) is -0.697. The summed E-state index contributed by atoms with van der Waals surface area (Å²) in [5.41, 5.74) is 2.33. The van der Waals surface area contributed by atoms with Crippen LogP contribution in [0.4, 0.5) is 10.5 Å². The molecule has 20 heavy (non-hydrogen) atoms. The Morgan fingerprint density at radius 3 is 2.65 bits per heavy atom. The van der Waals surface area contributed by atoms with E-state index >= 15 is 0 Å². The van der Waals surface area contributed by atoms with Crippen molar-refractivity contribution in [1.82, 2.24) is 10.3 Å². The molecule has 1 atom stereocenters. The molecule has 6 heteroatoms. The standard InChI is InChI=1S/C14H21N3O3/c1-9(4-7-13(18)19)8-15-14(20)17-12-6-5-10(2)16-11(12)3/h5-6,9H,4,7-8H2,1-3H3,(H,18,19)(H2,15,17,20). The third-order valence-corrected chi connectivity index (χ3v) is 2.94. The van der Waals surface area contributed by atoms with Gasteiger partial charge in [0.2, 0.25) is 0 Å². The number of aryl methyl sites for hydroxylation is 2. The van der Waals surface area contributed by atoms with Gasteiger partial charge in [0.05, 0.1) is 11.4 Å². The van der Waals surface area contributed by atoms with Gasteiger partial charge < -0.3 is 15.7 Å². The Labute approximate surface area is 118 Å². The van der Waals surface area contributed by atoms with Crippen molar-refractivity contribution in [2.24, 2.45) is 5.92 Å². The number of aromatic nitrogens is 1. The number of hydrogen-bond acceptors (Lipinski definition) is 3. The number of amides is 2. The molecule has 0 spiro atoms. The summed E-state index contributed by atoms with van der Waals surface area (Å²) in [5, 5.41) is 14.0. The highest BCUT2D eigenvalue weighted by atomic mass is 16.4. The molecule has 0 saturated heterocycles. The molecule has 0 radical (unpaired) electrons. The van der Waals surface area contributed by atoms with Gasteiger partial charge in [0.15, 0.2) is 0 Å². The van der Waals surface area contributed by atoms with E-state index in [9.17, 15) is 9.59 Å². The van der Waals surface area contributed by atoms with Crippen molar-refractivity contribution in [3.63, 3.8) is 0 Å². The molecule has 0 aliphatic heterocycles. The van der Waals surface area contributed by atoms with Gasteiger partial charge >= 0.3 is 12.0 Å². The summed E-state index contributed by atoms with van der Waals surface area (Å²) in [6, 6.07) is 3.34. The van der Waals surface area contributed by atoms with Gasteiger partial charge in [-0.1, -0.05) is 6.92 Å². The van der Waals surface area contributed by atoms with Crippen LogP contribution in [0.25, 0.3) is 0 Å². The van der Waals surface area contributed by atoms with Crippen LogP contribution in [0.15, 0.2) is 12.1 Å². The zero-order chi connectivity index (χ0) is 15.1. The first-order valence-corrected chi connectivity index (χ1v) is 6.59. The van der Waals surface area contributed by atoms with Gasteiger partial charge in [0, 0.05) is 18.7 Å². The van der Waals surface area contributed by atoms with E-state index in [0.717, 1.165) is 11.4 Å². The lowest BCUT2D eigenvalue weighted by molar-refractivity contribution is -0.137. The molecule has 1 aromatic heterocycles. The van der Waals surface area contributed by atoms with Crippen LogP contribution < -0.4 is 10.6 Å². The van der Waals surface area contributed by atoms with Crippen molar-refractivity contribution < 1.29 is 14.7 Å². The monoisotopic (exact) mass is 279 g/mol. The third kappa shape index (κ3) is 5.69. The number of urea groups is 1. The van der Waals surface area contributed by atoms with E-state index in [-0.39, 0.29) is 18.4 Å². The minimum atomic E-state index is -0.817. The van der Waals surface area contributed by atoms with Crippen LogP contribution in [0.3, 0.4) is 0 Å². The normalized spacial score (nSPS) is 11.8. The van der Waals surface area contributed by atoms with Crippen molar-refractivity contribution in [2.45, 2.75) is 33.6 Å². The van der Waals surface area contributed by atoms with Crippen LogP contribution in [-0.4, -0.2) is 28.6 Å². The number of carbonyl (C=O) groups is 2. The Balaban J connectivity index is 2.38. The molecular formula is C14H21N3O3. The predicted molar refractivity (Wildman–Crippen MR) is 76.8 cm³/mol. The fraction of sp³-hybridized carbons (Fsp3) is 0.500. The maximum Gasteiger partial charge on any atom is 0.319 e. The van der Waals surface area contributed by atoms with Gasteiger partial charge in [-0.15, -0.1) is 0 Å². The minimum absolute atomic E-state index is 0.117. The summed E-state index contributed by atoms with van der Waals surface area (Å²) in [4.78, 5) is 26.4. The van der Waals surface area contributed by atoms with E-state index in [1.165, 1.54) is 0 Å². The van der Waals surface area contributed by atoms with Gasteiger partial charge in [-0.25, -0.2) is 4.79 Å². The topological polar surface area (TPSA) is 91.3 Å². The second-order valence-corrected chi connectivity index (χ2v) is 4.96. The molecular weight excluding hydrogens is 258 g/mol. The maximum atomic E-state index is 11.7. The number of hydrogen-bond donors (Lipinski definition) is 3. The predicted octanol–water partition coefficient (Wildman–Crippen LogP) is 2.32. The van der Waals surface area contributed by atoms with Gasteiger partial charge in [0.1, 0.15) is 0 Å². The third-order valence-electron chi connectivity index (χ3n) is 2.94. The van der Waals surface area contributed by atoms with Gasteiger partial charge in [-0.2, -0.15) is 0 Å². The number of aliphatic carboxylic acids is 1. The van der Waals surface area contributed by atoms with Gasteiger partial charge in [-0.05, 0) is 38.3 Å².